The quantitative estimate of drug-likeness (QED) is 0.715. The van der Waals surface area contributed by atoms with Crippen molar-refractivity contribution in [3.63, 3.8) is 0 Å². The highest BCUT2D eigenvalue weighted by Crippen LogP contribution is 2.35. The van der Waals surface area contributed by atoms with Gasteiger partial charge in [0.1, 0.15) is 16.4 Å². The molecule has 0 aromatic heterocycles. The SMILES string of the molecule is CCOc1cc(C)c(C(C)C)cc1S(=O)(=O)Nc1cc(Cl)ccc1OC. The molecule has 0 heterocycles. The second kappa shape index (κ2) is 8.18. The minimum Gasteiger partial charge on any atom is -0.495 e. The fourth-order valence-corrected chi connectivity index (χ4v) is 4.13. The van der Waals surface area contributed by atoms with Crippen molar-refractivity contribution in [2.75, 3.05) is 18.4 Å². The summed E-state index contributed by atoms with van der Waals surface area (Å²) in [6.07, 6.45) is 0. The number of ether oxygens (including phenoxy) is 2. The summed E-state index contributed by atoms with van der Waals surface area (Å²) in [4.78, 5) is 0.0932. The Kier molecular flexibility index (Phi) is 6.42. The number of methoxy groups -OCH3 is 1. The summed E-state index contributed by atoms with van der Waals surface area (Å²) in [5.74, 6) is 0.885. The number of anilines is 1. The van der Waals surface area contributed by atoms with E-state index in [1.807, 2.05) is 27.7 Å². The summed E-state index contributed by atoms with van der Waals surface area (Å²) in [5.41, 5.74) is 2.21. The van der Waals surface area contributed by atoms with Crippen molar-refractivity contribution in [2.45, 2.75) is 38.5 Å². The molecule has 0 spiro atoms. The molecule has 2 aromatic rings. The summed E-state index contributed by atoms with van der Waals surface area (Å²) in [6, 6.07) is 8.19. The van der Waals surface area contributed by atoms with Crippen LogP contribution in [0.1, 0.15) is 37.8 Å². The van der Waals surface area contributed by atoms with Gasteiger partial charge in [-0.3, -0.25) is 4.72 Å². The van der Waals surface area contributed by atoms with Crippen molar-refractivity contribution in [3.05, 3.63) is 46.5 Å². The Bertz CT molecular complexity index is 895. The zero-order chi connectivity index (χ0) is 19.5. The lowest BCUT2D eigenvalue weighted by atomic mass is 9.98. The maximum atomic E-state index is 13.1. The first-order valence-corrected chi connectivity index (χ1v) is 10.2. The van der Waals surface area contributed by atoms with E-state index in [1.54, 1.807) is 24.3 Å². The van der Waals surface area contributed by atoms with Gasteiger partial charge in [-0.15, -0.1) is 0 Å². The van der Waals surface area contributed by atoms with Crippen molar-refractivity contribution in [2.24, 2.45) is 0 Å². The first-order valence-electron chi connectivity index (χ1n) is 8.33. The van der Waals surface area contributed by atoms with Crippen LogP contribution in [-0.2, 0) is 10.0 Å². The third-order valence-electron chi connectivity index (χ3n) is 3.95. The van der Waals surface area contributed by atoms with Crippen molar-refractivity contribution in [3.8, 4) is 11.5 Å². The lowest BCUT2D eigenvalue weighted by molar-refractivity contribution is 0.330. The molecular formula is C19H24ClNO4S. The van der Waals surface area contributed by atoms with E-state index in [2.05, 4.69) is 4.72 Å². The van der Waals surface area contributed by atoms with Crippen LogP contribution >= 0.6 is 11.6 Å². The summed E-state index contributed by atoms with van der Waals surface area (Å²) in [5, 5.41) is 0.403. The van der Waals surface area contributed by atoms with Crippen molar-refractivity contribution < 1.29 is 17.9 Å². The van der Waals surface area contributed by atoms with Gasteiger partial charge >= 0.3 is 0 Å². The zero-order valence-electron chi connectivity index (χ0n) is 15.6. The first kappa shape index (κ1) is 20.4. The minimum absolute atomic E-state index is 0.0932. The fourth-order valence-electron chi connectivity index (χ4n) is 2.74. The number of hydrogen-bond acceptors (Lipinski definition) is 4. The van der Waals surface area contributed by atoms with Gasteiger partial charge in [0.25, 0.3) is 10.0 Å². The third kappa shape index (κ3) is 4.43. The van der Waals surface area contributed by atoms with Gasteiger partial charge < -0.3 is 9.47 Å². The van der Waals surface area contributed by atoms with Crippen molar-refractivity contribution >= 4 is 27.3 Å². The van der Waals surface area contributed by atoms with E-state index in [1.165, 1.54) is 13.2 Å². The normalized spacial score (nSPS) is 11.5. The Morgan fingerprint density at radius 1 is 1.15 bits per heavy atom. The van der Waals surface area contributed by atoms with E-state index in [0.29, 0.717) is 23.1 Å². The summed E-state index contributed by atoms with van der Waals surface area (Å²) in [6.45, 7) is 8.17. The smallest absolute Gasteiger partial charge is 0.265 e. The topological polar surface area (TPSA) is 64.6 Å². The molecule has 1 N–H and O–H groups in total. The average Bonchev–Trinajstić information content (AvgIpc) is 2.54. The number of aryl methyl sites for hydroxylation is 1. The number of rotatable bonds is 7. The molecule has 0 fully saturated rings. The number of halogens is 1. The van der Waals surface area contributed by atoms with Gasteiger partial charge in [0.2, 0.25) is 0 Å². The van der Waals surface area contributed by atoms with Gasteiger partial charge in [-0.25, -0.2) is 8.42 Å². The second-order valence-electron chi connectivity index (χ2n) is 6.19. The van der Waals surface area contributed by atoms with Crippen LogP contribution in [0.4, 0.5) is 5.69 Å². The van der Waals surface area contributed by atoms with Gasteiger partial charge in [-0.2, -0.15) is 0 Å². The molecular weight excluding hydrogens is 374 g/mol. The second-order valence-corrected chi connectivity index (χ2v) is 8.28. The highest BCUT2D eigenvalue weighted by atomic mass is 35.5. The van der Waals surface area contributed by atoms with E-state index in [0.717, 1.165) is 11.1 Å². The highest BCUT2D eigenvalue weighted by molar-refractivity contribution is 7.92. The fraction of sp³-hybridized carbons (Fsp3) is 0.368. The number of hydrogen-bond donors (Lipinski definition) is 1. The molecule has 0 aliphatic rings. The Labute approximate surface area is 160 Å². The third-order valence-corrected chi connectivity index (χ3v) is 5.57. The molecule has 0 saturated carbocycles. The predicted octanol–water partition coefficient (Wildman–Crippen LogP) is 4.98. The molecule has 0 aliphatic carbocycles. The Morgan fingerprint density at radius 2 is 1.85 bits per heavy atom. The molecule has 2 rings (SSSR count). The number of benzene rings is 2. The molecule has 0 radical (unpaired) electrons. The minimum atomic E-state index is -3.90. The van der Waals surface area contributed by atoms with Crippen LogP contribution in [0.25, 0.3) is 0 Å². The zero-order valence-corrected chi connectivity index (χ0v) is 17.2. The van der Waals surface area contributed by atoms with Crippen LogP contribution < -0.4 is 14.2 Å². The Balaban J connectivity index is 2.58. The monoisotopic (exact) mass is 397 g/mol. The molecule has 0 saturated heterocycles. The number of sulfonamides is 1. The molecule has 2 aromatic carbocycles. The standard InChI is InChI=1S/C19H24ClNO4S/c1-6-25-18-9-13(4)15(12(2)3)11-19(18)26(22,23)21-16-10-14(20)7-8-17(16)24-5/h7-12,21H,6H2,1-5H3. The van der Waals surface area contributed by atoms with E-state index in [9.17, 15) is 8.42 Å². The first-order chi connectivity index (χ1) is 12.2. The van der Waals surface area contributed by atoms with Crippen LogP contribution in [0.2, 0.25) is 5.02 Å². The molecule has 0 amide bonds. The Morgan fingerprint density at radius 3 is 2.42 bits per heavy atom. The van der Waals surface area contributed by atoms with Crippen LogP contribution in [0.15, 0.2) is 35.2 Å². The van der Waals surface area contributed by atoms with E-state index >= 15 is 0 Å². The van der Waals surface area contributed by atoms with Crippen LogP contribution in [0, 0.1) is 6.92 Å². The summed E-state index contributed by atoms with van der Waals surface area (Å²) < 4.78 is 39.5. The van der Waals surface area contributed by atoms with E-state index < -0.39 is 10.0 Å². The average molecular weight is 398 g/mol. The Hall–Kier alpha value is -1.92. The van der Waals surface area contributed by atoms with Crippen LogP contribution in [0.3, 0.4) is 0 Å². The maximum absolute atomic E-state index is 13.1. The lowest BCUT2D eigenvalue weighted by Crippen LogP contribution is -2.16. The molecule has 26 heavy (non-hydrogen) atoms. The largest absolute Gasteiger partial charge is 0.495 e. The van der Waals surface area contributed by atoms with Crippen molar-refractivity contribution in [1.82, 2.24) is 0 Å². The van der Waals surface area contributed by atoms with Gasteiger partial charge in [0.15, 0.2) is 0 Å². The van der Waals surface area contributed by atoms with Crippen LogP contribution in [0.5, 0.6) is 11.5 Å². The molecule has 142 valence electrons. The molecule has 0 aliphatic heterocycles. The summed E-state index contributed by atoms with van der Waals surface area (Å²) in [7, 11) is -2.43. The lowest BCUT2D eigenvalue weighted by Gasteiger charge is -2.18. The number of nitrogens with one attached hydrogen (secondary N) is 1. The highest BCUT2D eigenvalue weighted by Gasteiger charge is 2.24. The van der Waals surface area contributed by atoms with E-state index in [4.69, 9.17) is 21.1 Å². The van der Waals surface area contributed by atoms with Gasteiger partial charge in [-0.05, 0) is 61.2 Å². The molecule has 5 nitrogen and oxygen atoms in total. The maximum Gasteiger partial charge on any atom is 0.265 e. The van der Waals surface area contributed by atoms with Gasteiger partial charge in [0, 0.05) is 5.02 Å². The molecule has 7 heteroatoms. The summed E-state index contributed by atoms with van der Waals surface area (Å²) >= 11 is 6.00. The molecule has 0 bridgehead atoms. The van der Waals surface area contributed by atoms with E-state index in [-0.39, 0.29) is 16.5 Å². The predicted molar refractivity (Wildman–Crippen MR) is 105 cm³/mol. The van der Waals surface area contributed by atoms with Crippen molar-refractivity contribution in [1.29, 1.82) is 0 Å². The molecule has 0 atom stereocenters. The van der Waals surface area contributed by atoms with Gasteiger partial charge in [-0.1, -0.05) is 25.4 Å². The van der Waals surface area contributed by atoms with Gasteiger partial charge in [0.05, 0.1) is 19.4 Å². The van der Waals surface area contributed by atoms with Crippen LogP contribution in [-0.4, -0.2) is 22.1 Å². The molecule has 0 unspecified atom stereocenters.